The van der Waals surface area contributed by atoms with Crippen molar-refractivity contribution in [3.05, 3.63) is 81.3 Å². The van der Waals surface area contributed by atoms with Gasteiger partial charge in [-0.1, -0.05) is 65.9 Å². The molecule has 0 unspecified atom stereocenters. The average molecular weight is 666 g/mol. The molecule has 4 aromatic rings. The summed E-state index contributed by atoms with van der Waals surface area (Å²) in [6.45, 7) is 2.85. The molecule has 0 aliphatic carbocycles. The van der Waals surface area contributed by atoms with Gasteiger partial charge >= 0.3 is 0 Å². The molecule has 0 spiro atoms. The fourth-order valence-corrected chi connectivity index (χ4v) is 8.55. The van der Waals surface area contributed by atoms with Crippen LogP contribution in [-0.4, -0.2) is 44.0 Å². The lowest BCUT2D eigenvalue weighted by atomic mass is 10.1. The standard InChI is InChI=1S/C29H29ClN2O6S4/c1-2-20(17-27-32(14-6-16-42(36,37)38)25-19-22(30)10-12-26(25)39-27)18-28-31(13-5-15-41(33,34)35)24-11-9-21-7-3-4-8-23(21)29(24)40-28/h3-4,7-12,17-19H,2,5-6,13-16H2,1H3,(H-,33,34,35,36,37,38)/p+1. The van der Waals surface area contributed by atoms with E-state index < -0.39 is 20.2 Å². The Morgan fingerprint density at radius 3 is 2.48 bits per heavy atom. The van der Waals surface area contributed by atoms with Gasteiger partial charge in [0.15, 0.2) is 6.54 Å². The molecule has 0 saturated heterocycles. The van der Waals surface area contributed by atoms with Gasteiger partial charge in [0.25, 0.3) is 25.2 Å². The summed E-state index contributed by atoms with van der Waals surface area (Å²) in [4.78, 5) is 3.03. The molecule has 2 N–H and O–H groups in total. The predicted octanol–water partition coefficient (Wildman–Crippen LogP) is 6.80. The fraction of sp³-hybridized carbons (Fsp3) is 0.276. The quantitative estimate of drug-likeness (QED) is 0.133. The van der Waals surface area contributed by atoms with Gasteiger partial charge in [0.1, 0.15) is 4.70 Å². The Bertz CT molecular complexity index is 1930. The van der Waals surface area contributed by atoms with Gasteiger partial charge < -0.3 is 4.90 Å². The first-order valence-electron chi connectivity index (χ1n) is 13.3. The van der Waals surface area contributed by atoms with Crippen LogP contribution < -0.4 is 9.47 Å². The van der Waals surface area contributed by atoms with Crippen LogP contribution in [0.1, 0.15) is 31.2 Å². The maximum atomic E-state index is 11.4. The van der Waals surface area contributed by atoms with E-state index in [-0.39, 0.29) is 24.3 Å². The number of halogens is 1. The van der Waals surface area contributed by atoms with Crippen molar-refractivity contribution in [2.45, 2.75) is 37.6 Å². The van der Waals surface area contributed by atoms with Gasteiger partial charge in [0, 0.05) is 40.4 Å². The van der Waals surface area contributed by atoms with Crippen LogP contribution in [0, 0.1) is 0 Å². The molecule has 8 nitrogen and oxygen atoms in total. The van der Waals surface area contributed by atoms with E-state index in [0.29, 0.717) is 24.5 Å². The fourth-order valence-electron chi connectivity index (χ4n) is 4.95. The molecule has 1 aliphatic rings. The zero-order valence-corrected chi connectivity index (χ0v) is 26.8. The Kier molecular flexibility index (Phi) is 9.33. The van der Waals surface area contributed by atoms with E-state index in [9.17, 15) is 25.9 Å². The van der Waals surface area contributed by atoms with Gasteiger partial charge in [-0.2, -0.15) is 21.4 Å². The summed E-state index contributed by atoms with van der Waals surface area (Å²) in [7, 11) is -8.16. The number of aryl methyl sites for hydroxylation is 1. The van der Waals surface area contributed by atoms with Crippen LogP contribution in [0.25, 0.3) is 27.1 Å². The zero-order valence-electron chi connectivity index (χ0n) is 22.7. The van der Waals surface area contributed by atoms with E-state index in [1.165, 1.54) is 0 Å². The third-order valence-corrected chi connectivity index (χ3v) is 11.0. The van der Waals surface area contributed by atoms with Gasteiger partial charge in [-0.25, -0.2) is 0 Å². The first-order chi connectivity index (χ1) is 19.9. The second-order valence-electron chi connectivity index (χ2n) is 9.93. The summed E-state index contributed by atoms with van der Waals surface area (Å²) in [6, 6.07) is 17.9. The van der Waals surface area contributed by atoms with Crippen molar-refractivity contribution >= 4 is 87.7 Å². The lowest BCUT2D eigenvalue weighted by Gasteiger charge is -2.20. The minimum atomic E-state index is -4.08. The molecule has 5 rings (SSSR count). The van der Waals surface area contributed by atoms with Crippen LogP contribution >= 0.6 is 34.7 Å². The number of nitrogens with zero attached hydrogens (tertiary/aromatic N) is 2. The molecule has 1 aromatic heterocycles. The lowest BCUT2D eigenvalue weighted by Crippen LogP contribution is -2.36. The molecule has 0 bridgehead atoms. The molecule has 222 valence electrons. The number of anilines is 1. The largest absolute Gasteiger partial charge is 0.335 e. The predicted molar refractivity (Wildman–Crippen MR) is 173 cm³/mol. The molecule has 3 aromatic carbocycles. The minimum Gasteiger partial charge on any atom is -0.335 e. The maximum Gasteiger partial charge on any atom is 0.265 e. The Morgan fingerprint density at radius 2 is 1.74 bits per heavy atom. The van der Waals surface area contributed by atoms with Crippen molar-refractivity contribution in [1.29, 1.82) is 0 Å². The molecule has 0 radical (unpaired) electrons. The van der Waals surface area contributed by atoms with Gasteiger partial charge in [-0.15, -0.1) is 0 Å². The Balaban J connectivity index is 1.56. The number of hydrogen-bond acceptors (Lipinski definition) is 7. The highest BCUT2D eigenvalue weighted by atomic mass is 35.5. The van der Waals surface area contributed by atoms with Gasteiger partial charge in [0.2, 0.25) is 5.52 Å². The van der Waals surface area contributed by atoms with Crippen molar-refractivity contribution in [2.75, 3.05) is 23.0 Å². The average Bonchev–Trinajstić information content (AvgIpc) is 3.44. The third kappa shape index (κ3) is 7.36. The molecular formula is C29H30ClN2O6S4+. The number of fused-ring (bicyclic) bond motifs is 4. The first kappa shape index (κ1) is 31.0. The molecule has 13 heteroatoms. The summed E-state index contributed by atoms with van der Waals surface area (Å²) < 4.78 is 67.4. The highest BCUT2D eigenvalue weighted by Crippen LogP contribution is 2.47. The number of thiazole rings is 1. The Hall–Kier alpha value is -2.45. The third-order valence-electron chi connectivity index (χ3n) is 6.91. The van der Waals surface area contributed by atoms with Crippen LogP contribution in [0.4, 0.5) is 5.69 Å². The van der Waals surface area contributed by atoms with E-state index in [4.69, 9.17) is 11.6 Å². The monoisotopic (exact) mass is 665 g/mol. The molecule has 2 heterocycles. The van der Waals surface area contributed by atoms with E-state index in [0.717, 1.165) is 47.2 Å². The number of rotatable bonds is 11. The molecule has 0 amide bonds. The van der Waals surface area contributed by atoms with Crippen LogP contribution in [0.3, 0.4) is 0 Å². The van der Waals surface area contributed by atoms with Crippen molar-refractivity contribution in [3.63, 3.8) is 0 Å². The molecule has 0 atom stereocenters. The number of thioether (sulfide) groups is 1. The van der Waals surface area contributed by atoms with Gasteiger partial charge in [-0.3, -0.25) is 9.11 Å². The van der Waals surface area contributed by atoms with E-state index in [1.807, 2.05) is 41.3 Å². The number of allylic oxidation sites excluding steroid dienone is 2. The van der Waals surface area contributed by atoms with Crippen LogP contribution in [0.5, 0.6) is 0 Å². The van der Waals surface area contributed by atoms with Crippen LogP contribution in [0.15, 0.2) is 76.2 Å². The first-order valence-corrected chi connectivity index (χ1v) is 18.6. The van der Waals surface area contributed by atoms with Crippen LogP contribution in [-0.2, 0) is 26.8 Å². The SMILES string of the molecule is CCC(=Cc1sc2c3ccccc3ccc2[n+]1CCCS(=O)(=O)O)C=C1Sc2ccc(Cl)cc2N1CCCS(=O)(=O)O. The molecular weight excluding hydrogens is 636 g/mol. The zero-order chi connectivity index (χ0) is 30.1. The topological polar surface area (TPSA) is 116 Å². The Labute approximate surface area is 258 Å². The molecule has 1 aliphatic heterocycles. The highest BCUT2D eigenvalue weighted by Gasteiger charge is 2.27. The lowest BCUT2D eigenvalue weighted by molar-refractivity contribution is -0.668. The van der Waals surface area contributed by atoms with E-state index in [2.05, 4.69) is 41.8 Å². The smallest absolute Gasteiger partial charge is 0.265 e. The maximum absolute atomic E-state index is 11.4. The second-order valence-corrected chi connectivity index (χ2v) is 15.6. The van der Waals surface area contributed by atoms with Gasteiger partial charge in [0.05, 0.1) is 22.2 Å². The van der Waals surface area contributed by atoms with Crippen molar-refractivity contribution in [3.8, 4) is 0 Å². The number of benzene rings is 3. The van der Waals surface area contributed by atoms with E-state index in [1.54, 1.807) is 23.1 Å². The number of hydrogen-bond donors (Lipinski definition) is 2. The second kappa shape index (κ2) is 12.7. The summed E-state index contributed by atoms with van der Waals surface area (Å²) >= 11 is 9.50. The molecule has 42 heavy (non-hydrogen) atoms. The summed E-state index contributed by atoms with van der Waals surface area (Å²) in [5, 5.41) is 4.67. The van der Waals surface area contributed by atoms with Crippen molar-refractivity contribution in [2.24, 2.45) is 0 Å². The van der Waals surface area contributed by atoms with Crippen molar-refractivity contribution in [1.82, 2.24) is 0 Å². The molecule has 0 fully saturated rings. The van der Waals surface area contributed by atoms with Gasteiger partial charge in [-0.05, 0) is 54.1 Å². The molecule has 0 saturated carbocycles. The normalized spacial score (nSPS) is 15.3. The summed E-state index contributed by atoms with van der Waals surface area (Å²) in [6.07, 6.45) is 5.40. The van der Waals surface area contributed by atoms with E-state index >= 15 is 0 Å². The Morgan fingerprint density at radius 1 is 1.00 bits per heavy atom. The minimum absolute atomic E-state index is 0.241. The van der Waals surface area contributed by atoms with Crippen LogP contribution in [0.2, 0.25) is 5.02 Å². The summed E-state index contributed by atoms with van der Waals surface area (Å²) in [5.41, 5.74) is 2.90. The summed E-state index contributed by atoms with van der Waals surface area (Å²) in [5.74, 6) is -0.665. The number of aromatic nitrogens is 1. The highest BCUT2D eigenvalue weighted by molar-refractivity contribution is 8.03. The van der Waals surface area contributed by atoms with Crippen molar-refractivity contribution < 1.29 is 30.5 Å².